The largest absolute Gasteiger partial charge is 0.378 e. The van der Waals surface area contributed by atoms with E-state index in [1.54, 1.807) is 6.33 Å². The van der Waals surface area contributed by atoms with Crippen LogP contribution >= 0.6 is 0 Å². The van der Waals surface area contributed by atoms with Crippen molar-refractivity contribution >= 4 is 5.82 Å². The number of hydrogen-bond acceptors (Lipinski definition) is 6. The summed E-state index contributed by atoms with van der Waals surface area (Å²) in [5, 5.41) is 8.93. The average Bonchev–Trinajstić information content (AvgIpc) is 2.69. The lowest BCUT2D eigenvalue weighted by Gasteiger charge is -2.34. The Labute approximate surface area is 147 Å². The molecule has 0 bridgehead atoms. The number of rotatable bonds is 3. The fraction of sp³-hybridized carbons (Fsp3) is 0.421. The van der Waals surface area contributed by atoms with Gasteiger partial charge in [0.05, 0.1) is 30.5 Å². The monoisotopic (exact) mass is 335 g/mol. The highest BCUT2D eigenvalue weighted by atomic mass is 16.5. The van der Waals surface area contributed by atoms with Crippen molar-refractivity contribution in [2.45, 2.75) is 19.5 Å². The number of morpholine rings is 1. The van der Waals surface area contributed by atoms with Crippen LogP contribution in [0.15, 0.2) is 30.6 Å². The van der Waals surface area contributed by atoms with E-state index in [0.29, 0.717) is 5.56 Å². The van der Waals surface area contributed by atoms with Gasteiger partial charge in [0.25, 0.3) is 0 Å². The van der Waals surface area contributed by atoms with Crippen molar-refractivity contribution in [2.24, 2.45) is 0 Å². The van der Waals surface area contributed by atoms with Gasteiger partial charge in [-0.1, -0.05) is 12.1 Å². The molecule has 0 atom stereocenters. The summed E-state index contributed by atoms with van der Waals surface area (Å²) in [6.45, 7) is 6.03. The molecule has 0 radical (unpaired) electrons. The SMILES string of the molecule is N#Cc1ccc(CN2CCc3ncnc(N4CCOCC4)c3C2)cc1. The molecule has 1 aromatic heterocycles. The molecule has 25 heavy (non-hydrogen) atoms. The van der Waals surface area contributed by atoms with E-state index >= 15 is 0 Å². The molecule has 128 valence electrons. The Morgan fingerprint density at radius 2 is 1.88 bits per heavy atom. The van der Waals surface area contributed by atoms with Gasteiger partial charge in [0.15, 0.2) is 0 Å². The van der Waals surface area contributed by atoms with Gasteiger partial charge in [-0.25, -0.2) is 9.97 Å². The molecule has 6 nitrogen and oxygen atoms in total. The van der Waals surface area contributed by atoms with Crippen LogP contribution in [0.2, 0.25) is 0 Å². The lowest BCUT2D eigenvalue weighted by molar-refractivity contribution is 0.122. The van der Waals surface area contributed by atoms with Crippen molar-refractivity contribution in [1.82, 2.24) is 14.9 Å². The maximum Gasteiger partial charge on any atom is 0.136 e. The summed E-state index contributed by atoms with van der Waals surface area (Å²) in [7, 11) is 0. The van der Waals surface area contributed by atoms with E-state index < -0.39 is 0 Å². The summed E-state index contributed by atoms with van der Waals surface area (Å²) in [5.41, 5.74) is 4.36. The standard InChI is InChI=1S/C19H21N5O/c20-11-15-1-3-16(4-2-15)12-23-6-5-18-17(13-23)19(22-14-21-18)24-7-9-25-10-8-24/h1-4,14H,5-10,12-13H2. The number of hydrogen-bond donors (Lipinski definition) is 0. The molecule has 4 rings (SSSR count). The first-order valence-electron chi connectivity index (χ1n) is 8.70. The Bertz CT molecular complexity index is 777. The predicted octanol–water partition coefficient (Wildman–Crippen LogP) is 1.74. The van der Waals surface area contributed by atoms with Crippen molar-refractivity contribution < 1.29 is 4.74 Å². The van der Waals surface area contributed by atoms with Crippen molar-refractivity contribution in [3.05, 3.63) is 53.0 Å². The second-order valence-electron chi connectivity index (χ2n) is 6.49. The molecule has 0 N–H and O–H groups in total. The van der Waals surface area contributed by atoms with Gasteiger partial charge < -0.3 is 9.64 Å². The third-order valence-corrected chi connectivity index (χ3v) is 4.86. The Morgan fingerprint density at radius 1 is 1.08 bits per heavy atom. The van der Waals surface area contributed by atoms with Gasteiger partial charge in [-0.05, 0) is 17.7 Å². The fourth-order valence-electron chi connectivity index (χ4n) is 3.51. The number of anilines is 1. The second-order valence-corrected chi connectivity index (χ2v) is 6.49. The number of nitrogens with zero attached hydrogens (tertiary/aromatic N) is 5. The first kappa shape index (κ1) is 16.0. The zero-order chi connectivity index (χ0) is 17.1. The Morgan fingerprint density at radius 3 is 2.64 bits per heavy atom. The summed E-state index contributed by atoms with van der Waals surface area (Å²) in [4.78, 5) is 13.8. The van der Waals surface area contributed by atoms with E-state index in [2.05, 4.69) is 25.8 Å². The average molecular weight is 335 g/mol. The van der Waals surface area contributed by atoms with Crippen LogP contribution in [0.3, 0.4) is 0 Å². The zero-order valence-electron chi connectivity index (χ0n) is 14.2. The van der Waals surface area contributed by atoms with Crippen LogP contribution in [-0.2, 0) is 24.2 Å². The number of aromatic nitrogens is 2. The molecular weight excluding hydrogens is 314 g/mol. The van der Waals surface area contributed by atoms with Gasteiger partial charge in [0.2, 0.25) is 0 Å². The maximum absolute atomic E-state index is 8.93. The van der Waals surface area contributed by atoms with Gasteiger partial charge in [0.1, 0.15) is 12.1 Å². The summed E-state index contributed by atoms with van der Waals surface area (Å²) < 4.78 is 5.47. The lowest BCUT2D eigenvalue weighted by atomic mass is 10.0. The molecule has 1 fully saturated rings. The predicted molar refractivity (Wildman–Crippen MR) is 94.0 cm³/mol. The first-order valence-corrected chi connectivity index (χ1v) is 8.70. The quantitative estimate of drug-likeness (QED) is 0.851. The molecule has 0 spiro atoms. The lowest BCUT2D eigenvalue weighted by Crippen LogP contribution is -2.39. The third-order valence-electron chi connectivity index (χ3n) is 4.86. The molecule has 6 heteroatoms. The molecule has 0 unspecified atom stereocenters. The number of fused-ring (bicyclic) bond motifs is 1. The van der Waals surface area contributed by atoms with E-state index in [-0.39, 0.29) is 0 Å². The number of ether oxygens (including phenoxy) is 1. The second kappa shape index (κ2) is 7.18. The van der Waals surface area contributed by atoms with E-state index in [0.717, 1.165) is 58.2 Å². The topological polar surface area (TPSA) is 65.3 Å². The van der Waals surface area contributed by atoms with Gasteiger partial charge >= 0.3 is 0 Å². The third kappa shape index (κ3) is 3.48. The molecule has 0 aliphatic carbocycles. The van der Waals surface area contributed by atoms with E-state index in [9.17, 15) is 0 Å². The molecule has 0 amide bonds. The maximum atomic E-state index is 8.93. The van der Waals surface area contributed by atoms with Gasteiger partial charge in [-0.3, -0.25) is 4.90 Å². The summed E-state index contributed by atoms with van der Waals surface area (Å²) >= 11 is 0. The van der Waals surface area contributed by atoms with E-state index in [1.165, 1.54) is 16.8 Å². The molecular formula is C19H21N5O. The number of nitriles is 1. The minimum Gasteiger partial charge on any atom is -0.378 e. The molecule has 3 heterocycles. The molecule has 2 aliphatic heterocycles. The van der Waals surface area contributed by atoms with E-state index in [4.69, 9.17) is 10.00 Å². The highest BCUT2D eigenvalue weighted by Gasteiger charge is 2.24. The van der Waals surface area contributed by atoms with Crippen molar-refractivity contribution in [3.8, 4) is 6.07 Å². The summed E-state index contributed by atoms with van der Waals surface area (Å²) in [5.74, 6) is 1.07. The van der Waals surface area contributed by atoms with E-state index in [1.807, 2.05) is 24.3 Å². The minimum absolute atomic E-state index is 0.704. The Balaban J connectivity index is 1.52. The van der Waals surface area contributed by atoms with Crippen LogP contribution in [0.4, 0.5) is 5.82 Å². The number of benzene rings is 1. The van der Waals surface area contributed by atoms with Crippen molar-refractivity contribution in [1.29, 1.82) is 5.26 Å². The minimum atomic E-state index is 0.704. The zero-order valence-corrected chi connectivity index (χ0v) is 14.2. The molecule has 1 aromatic carbocycles. The van der Waals surface area contributed by atoms with Gasteiger partial charge in [-0.2, -0.15) is 5.26 Å². The van der Waals surface area contributed by atoms with Gasteiger partial charge in [0, 0.05) is 44.7 Å². The molecule has 1 saturated heterocycles. The Kier molecular flexibility index (Phi) is 4.59. The van der Waals surface area contributed by atoms with Crippen molar-refractivity contribution in [3.63, 3.8) is 0 Å². The molecule has 0 saturated carbocycles. The van der Waals surface area contributed by atoms with Crippen LogP contribution in [0, 0.1) is 11.3 Å². The van der Waals surface area contributed by atoms with Crippen LogP contribution < -0.4 is 4.90 Å². The Hall–Kier alpha value is -2.49. The van der Waals surface area contributed by atoms with Crippen LogP contribution in [0.1, 0.15) is 22.4 Å². The summed E-state index contributed by atoms with van der Waals surface area (Å²) in [6.07, 6.45) is 2.64. The molecule has 2 aliphatic rings. The smallest absolute Gasteiger partial charge is 0.136 e. The van der Waals surface area contributed by atoms with Crippen LogP contribution in [0.5, 0.6) is 0 Å². The van der Waals surface area contributed by atoms with Gasteiger partial charge in [-0.15, -0.1) is 0 Å². The molecule has 2 aromatic rings. The fourth-order valence-corrected chi connectivity index (χ4v) is 3.51. The summed E-state index contributed by atoms with van der Waals surface area (Å²) in [6, 6.07) is 10.0. The van der Waals surface area contributed by atoms with Crippen LogP contribution in [0.25, 0.3) is 0 Å². The highest BCUT2D eigenvalue weighted by Crippen LogP contribution is 2.27. The normalized spacial score (nSPS) is 17.8. The highest BCUT2D eigenvalue weighted by molar-refractivity contribution is 5.49. The first-order chi connectivity index (χ1) is 12.3. The van der Waals surface area contributed by atoms with Crippen LogP contribution in [-0.4, -0.2) is 47.7 Å². The van der Waals surface area contributed by atoms with Crippen molar-refractivity contribution in [2.75, 3.05) is 37.7 Å².